The minimum absolute atomic E-state index is 0.211. The van der Waals surface area contributed by atoms with Gasteiger partial charge in [0.15, 0.2) is 0 Å². The molecular weight excluding hydrogens is 230 g/mol. The van der Waals surface area contributed by atoms with Gasteiger partial charge in [-0.05, 0) is 31.4 Å². The van der Waals surface area contributed by atoms with Crippen LogP contribution in [0.4, 0.5) is 5.69 Å². The van der Waals surface area contributed by atoms with Crippen LogP contribution in [0.2, 0.25) is 0 Å². The SMILES string of the molecule is OCCCNc1cccc(OC[C@@H]2CCCO2)c1. The third kappa shape index (κ3) is 4.20. The molecule has 0 saturated carbocycles. The number of anilines is 1. The smallest absolute Gasteiger partial charge is 0.121 e. The summed E-state index contributed by atoms with van der Waals surface area (Å²) < 4.78 is 11.2. The molecule has 2 rings (SSSR count). The number of rotatable bonds is 7. The Kier molecular flexibility index (Phi) is 5.30. The Hall–Kier alpha value is -1.26. The zero-order valence-electron chi connectivity index (χ0n) is 10.6. The minimum atomic E-state index is 0.211. The van der Waals surface area contributed by atoms with Crippen LogP contribution in [0.15, 0.2) is 24.3 Å². The lowest BCUT2D eigenvalue weighted by Gasteiger charge is -2.12. The lowest BCUT2D eigenvalue weighted by atomic mass is 10.2. The molecule has 0 amide bonds. The fraction of sp³-hybridized carbons (Fsp3) is 0.571. The van der Waals surface area contributed by atoms with Gasteiger partial charge in [-0.25, -0.2) is 0 Å². The molecular formula is C14H21NO3. The summed E-state index contributed by atoms with van der Waals surface area (Å²) in [6.07, 6.45) is 3.22. The average molecular weight is 251 g/mol. The second kappa shape index (κ2) is 7.24. The van der Waals surface area contributed by atoms with Crippen LogP contribution in [0.1, 0.15) is 19.3 Å². The average Bonchev–Trinajstić information content (AvgIpc) is 2.90. The molecule has 2 N–H and O–H groups in total. The summed E-state index contributed by atoms with van der Waals surface area (Å²) in [5, 5.41) is 12.0. The Morgan fingerprint density at radius 1 is 1.44 bits per heavy atom. The fourth-order valence-electron chi connectivity index (χ4n) is 1.97. The standard InChI is InChI=1S/C14H21NO3/c16-8-3-7-15-12-4-1-5-13(10-12)18-11-14-6-2-9-17-14/h1,4-5,10,14-16H,2-3,6-9,11H2/t14-/m0/s1. The van der Waals surface area contributed by atoms with Crippen molar-refractivity contribution >= 4 is 5.69 Å². The molecule has 18 heavy (non-hydrogen) atoms. The number of hydrogen-bond acceptors (Lipinski definition) is 4. The molecule has 100 valence electrons. The minimum Gasteiger partial charge on any atom is -0.491 e. The van der Waals surface area contributed by atoms with Gasteiger partial charge in [-0.3, -0.25) is 0 Å². The van der Waals surface area contributed by atoms with E-state index in [0.717, 1.165) is 43.9 Å². The third-order valence-electron chi connectivity index (χ3n) is 2.96. The summed E-state index contributed by atoms with van der Waals surface area (Å²) in [4.78, 5) is 0. The number of hydrogen-bond donors (Lipinski definition) is 2. The van der Waals surface area contributed by atoms with Crippen molar-refractivity contribution in [1.29, 1.82) is 0 Å². The Morgan fingerprint density at radius 2 is 2.39 bits per heavy atom. The number of benzene rings is 1. The molecule has 0 unspecified atom stereocenters. The Balaban J connectivity index is 1.78. The molecule has 1 fully saturated rings. The van der Waals surface area contributed by atoms with Crippen molar-refractivity contribution in [2.75, 3.05) is 31.7 Å². The van der Waals surface area contributed by atoms with E-state index in [1.165, 1.54) is 0 Å². The predicted molar refractivity (Wildman–Crippen MR) is 71.1 cm³/mol. The van der Waals surface area contributed by atoms with E-state index < -0.39 is 0 Å². The van der Waals surface area contributed by atoms with Gasteiger partial charge in [0.25, 0.3) is 0 Å². The van der Waals surface area contributed by atoms with Crippen LogP contribution in [0.3, 0.4) is 0 Å². The summed E-state index contributed by atoms with van der Waals surface area (Å²) in [7, 11) is 0. The molecule has 1 aromatic carbocycles. The number of nitrogens with one attached hydrogen (secondary N) is 1. The monoisotopic (exact) mass is 251 g/mol. The first kappa shape index (κ1) is 13.2. The van der Waals surface area contributed by atoms with Crippen LogP contribution in [-0.2, 0) is 4.74 Å². The van der Waals surface area contributed by atoms with Crippen molar-refractivity contribution in [3.63, 3.8) is 0 Å². The van der Waals surface area contributed by atoms with Crippen LogP contribution in [0.5, 0.6) is 5.75 Å². The summed E-state index contributed by atoms with van der Waals surface area (Å²) >= 11 is 0. The van der Waals surface area contributed by atoms with Crippen LogP contribution in [0, 0.1) is 0 Å². The van der Waals surface area contributed by atoms with Gasteiger partial charge >= 0.3 is 0 Å². The van der Waals surface area contributed by atoms with E-state index in [1.54, 1.807) is 0 Å². The highest BCUT2D eigenvalue weighted by molar-refractivity contribution is 5.48. The van der Waals surface area contributed by atoms with Crippen LogP contribution in [0.25, 0.3) is 0 Å². The van der Waals surface area contributed by atoms with Crippen molar-refractivity contribution in [1.82, 2.24) is 0 Å². The van der Waals surface area contributed by atoms with Crippen LogP contribution in [-0.4, -0.2) is 37.6 Å². The molecule has 1 aromatic rings. The molecule has 1 heterocycles. The molecule has 4 nitrogen and oxygen atoms in total. The first-order valence-corrected chi connectivity index (χ1v) is 6.57. The maximum absolute atomic E-state index is 8.73. The van der Waals surface area contributed by atoms with Gasteiger partial charge in [0.05, 0.1) is 6.10 Å². The normalized spacial score (nSPS) is 18.8. The van der Waals surface area contributed by atoms with Gasteiger partial charge in [-0.1, -0.05) is 6.07 Å². The summed E-state index contributed by atoms with van der Waals surface area (Å²) in [6.45, 7) is 2.46. The van der Waals surface area contributed by atoms with Gasteiger partial charge in [0, 0.05) is 31.5 Å². The molecule has 0 spiro atoms. The molecule has 0 radical (unpaired) electrons. The van der Waals surface area contributed by atoms with Gasteiger partial charge in [0.2, 0.25) is 0 Å². The van der Waals surface area contributed by atoms with Gasteiger partial charge < -0.3 is 19.9 Å². The Labute approximate surface area is 108 Å². The van der Waals surface area contributed by atoms with Crippen molar-refractivity contribution in [2.45, 2.75) is 25.4 Å². The third-order valence-corrected chi connectivity index (χ3v) is 2.96. The number of ether oxygens (including phenoxy) is 2. The Bertz CT molecular complexity index is 351. The molecule has 1 aliphatic heterocycles. The summed E-state index contributed by atoms with van der Waals surface area (Å²) in [6, 6.07) is 7.89. The van der Waals surface area contributed by atoms with Gasteiger partial charge in [0.1, 0.15) is 12.4 Å². The van der Waals surface area contributed by atoms with Crippen LogP contribution < -0.4 is 10.1 Å². The van der Waals surface area contributed by atoms with Crippen LogP contribution >= 0.6 is 0 Å². The van der Waals surface area contributed by atoms with E-state index in [2.05, 4.69) is 5.32 Å². The van der Waals surface area contributed by atoms with Crippen molar-refractivity contribution in [3.05, 3.63) is 24.3 Å². The fourth-order valence-corrected chi connectivity index (χ4v) is 1.97. The Morgan fingerprint density at radius 3 is 3.17 bits per heavy atom. The van der Waals surface area contributed by atoms with E-state index in [-0.39, 0.29) is 12.7 Å². The van der Waals surface area contributed by atoms with E-state index in [4.69, 9.17) is 14.6 Å². The first-order valence-electron chi connectivity index (χ1n) is 6.57. The molecule has 1 aliphatic rings. The highest BCUT2D eigenvalue weighted by atomic mass is 16.5. The van der Waals surface area contributed by atoms with Crippen molar-refractivity contribution in [3.8, 4) is 5.75 Å². The van der Waals surface area contributed by atoms with E-state index in [9.17, 15) is 0 Å². The molecule has 1 saturated heterocycles. The van der Waals surface area contributed by atoms with E-state index in [0.29, 0.717) is 6.61 Å². The van der Waals surface area contributed by atoms with Crippen molar-refractivity contribution < 1.29 is 14.6 Å². The lowest BCUT2D eigenvalue weighted by molar-refractivity contribution is 0.0680. The quantitative estimate of drug-likeness (QED) is 0.728. The zero-order valence-corrected chi connectivity index (χ0v) is 10.6. The number of aliphatic hydroxyl groups excluding tert-OH is 1. The molecule has 4 heteroatoms. The molecule has 0 aliphatic carbocycles. The van der Waals surface area contributed by atoms with E-state index in [1.807, 2.05) is 24.3 Å². The zero-order chi connectivity index (χ0) is 12.6. The lowest BCUT2D eigenvalue weighted by Crippen LogP contribution is -2.16. The second-order valence-electron chi connectivity index (χ2n) is 4.48. The summed E-state index contributed by atoms with van der Waals surface area (Å²) in [5.41, 5.74) is 1.02. The maximum Gasteiger partial charge on any atom is 0.121 e. The highest BCUT2D eigenvalue weighted by Gasteiger charge is 2.15. The molecule has 0 bridgehead atoms. The van der Waals surface area contributed by atoms with Gasteiger partial charge in [-0.15, -0.1) is 0 Å². The number of aliphatic hydroxyl groups is 1. The molecule has 1 atom stereocenters. The summed E-state index contributed by atoms with van der Waals surface area (Å²) in [5.74, 6) is 0.861. The van der Waals surface area contributed by atoms with E-state index >= 15 is 0 Å². The predicted octanol–water partition coefficient (Wildman–Crippen LogP) is 2.04. The highest BCUT2D eigenvalue weighted by Crippen LogP contribution is 2.19. The first-order chi connectivity index (χ1) is 8.88. The second-order valence-corrected chi connectivity index (χ2v) is 4.48. The largest absolute Gasteiger partial charge is 0.491 e. The maximum atomic E-state index is 8.73. The van der Waals surface area contributed by atoms with Crippen molar-refractivity contribution in [2.24, 2.45) is 0 Å². The van der Waals surface area contributed by atoms with Gasteiger partial charge in [-0.2, -0.15) is 0 Å². The molecule has 0 aromatic heterocycles. The topological polar surface area (TPSA) is 50.7 Å².